The number of nitrogens with zero attached hydrogens (tertiary/aromatic N) is 2. The summed E-state index contributed by atoms with van der Waals surface area (Å²) in [6.07, 6.45) is -2.49. The molecule has 5 nitrogen and oxygen atoms in total. The number of rotatable bonds is 2. The van der Waals surface area contributed by atoms with Crippen molar-refractivity contribution < 1.29 is 22.4 Å². The van der Waals surface area contributed by atoms with Gasteiger partial charge in [-0.1, -0.05) is 12.1 Å². The quantitative estimate of drug-likeness (QED) is 0.763. The number of likely N-dealkylation sites (tertiary alicyclic amines) is 1. The van der Waals surface area contributed by atoms with E-state index < -0.39 is 29.5 Å². The maximum absolute atomic E-state index is 14.1. The summed E-state index contributed by atoms with van der Waals surface area (Å²) in [5.41, 5.74) is 0.418. The molecule has 1 unspecified atom stereocenters. The van der Waals surface area contributed by atoms with E-state index >= 15 is 0 Å². The molecular weight excluding hydrogens is 376 g/mol. The zero-order valence-electron chi connectivity index (χ0n) is 15.1. The van der Waals surface area contributed by atoms with Gasteiger partial charge in [0.05, 0.1) is 17.3 Å². The molecule has 150 valence electrons. The molecular formula is C19H20F4N4O. The molecule has 0 spiro atoms. The van der Waals surface area contributed by atoms with Crippen LogP contribution in [0.5, 0.6) is 0 Å². The van der Waals surface area contributed by atoms with Crippen LogP contribution in [-0.2, 0) is 19.1 Å². The van der Waals surface area contributed by atoms with Crippen molar-refractivity contribution >= 4 is 5.91 Å². The third-order valence-corrected chi connectivity index (χ3v) is 5.46. The van der Waals surface area contributed by atoms with Gasteiger partial charge in [-0.3, -0.25) is 9.89 Å². The smallest absolute Gasteiger partial charge is 0.330 e. The average molecular weight is 396 g/mol. The van der Waals surface area contributed by atoms with Crippen LogP contribution in [0.3, 0.4) is 0 Å². The van der Waals surface area contributed by atoms with E-state index in [4.69, 9.17) is 0 Å². The van der Waals surface area contributed by atoms with E-state index in [0.717, 1.165) is 17.3 Å². The lowest BCUT2D eigenvalue weighted by molar-refractivity contribution is -0.141. The van der Waals surface area contributed by atoms with Gasteiger partial charge in [-0.05, 0) is 43.9 Å². The van der Waals surface area contributed by atoms with Gasteiger partial charge in [0, 0.05) is 18.7 Å². The lowest BCUT2D eigenvalue weighted by atomic mass is 9.90. The maximum Gasteiger partial charge on any atom is 0.419 e. The number of aromatic nitrogens is 2. The fraction of sp³-hybridized carbons (Fsp3) is 0.474. The van der Waals surface area contributed by atoms with Crippen LogP contribution in [0.2, 0.25) is 0 Å². The molecule has 2 aliphatic heterocycles. The van der Waals surface area contributed by atoms with Crippen molar-refractivity contribution in [2.75, 3.05) is 13.1 Å². The van der Waals surface area contributed by atoms with E-state index in [1.165, 1.54) is 17.0 Å². The van der Waals surface area contributed by atoms with Crippen molar-refractivity contribution in [3.05, 3.63) is 52.1 Å². The van der Waals surface area contributed by atoms with Crippen molar-refractivity contribution in [2.45, 2.75) is 44.4 Å². The molecule has 2 aromatic rings. The highest BCUT2D eigenvalue weighted by Gasteiger charge is 2.41. The van der Waals surface area contributed by atoms with Crippen molar-refractivity contribution in [2.24, 2.45) is 0 Å². The molecule has 3 heterocycles. The third-order valence-electron chi connectivity index (χ3n) is 5.46. The first-order chi connectivity index (χ1) is 13.4. The molecule has 0 aliphatic carbocycles. The summed E-state index contributed by atoms with van der Waals surface area (Å²) in [4.78, 5) is 14.6. The van der Waals surface area contributed by atoms with Crippen LogP contribution in [0.4, 0.5) is 17.6 Å². The zero-order chi connectivity index (χ0) is 19.9. The monoisotopic (exact) mass is 396 g/mol. The fourth-order valence-corrected chi connectivity index (χ4v) is 4.17. The zero-order valence-corrected chi connectivity index (χ0v) is 15.1. The largest absolute Gasteiger partial charge is 0.419 e. The number of aromatic amines is 1. The van der Waals surface area contributed by atoms with Crippen molar-refractivity contribution in [3.63, 3.8) is 0 Å². The van der Waals surface area contributed by atoms with Crippen molar-refractivity contribution in [1.29, 1.82) is 0 Å². The molecule has 1 atom stereocenters. The van der Waals surface area contributed by atoms with Gasteiger partial charge in [0.2, 0.25) is 0 Å². The lowest BCUT2D eigenvalue weighted by Crippen LogP contribution is -2.40. The first kappa shape index (κ1) is 18.9. The second-order valence-corrected chi connectivity index (χ2v) is 7.17. The van der Waals surface area contributed by atoms with Crippen molar-refractivity contribution in [3.8, 4) is 0 Å². The highest BCUT2D eigenvalue weighted by molar-refractivity contribution is 5.94. The molecule has 1 saturated heterocycles. The number of fused-ring (bicyclic) bond motifs is 1. The number of amides is 1. The summed E-state index contributed by atoms with van der Waals surface area (Å²) >= 11 is 0. The highest BCUT2D eigenvalue weighted by atomic mass is 19.4. The summed E-state index contributed by atoms with van der Waals surface area (Å²) in [7, 11) is 0. The van der Waals surface area contributed by atoms with Crippen LogP contribution in [-0.4, -0.2) is 34.1 Å². The number of hydrogen-bond acceptors (Lipinski definition) is 3. The van der Waals surface area contributed by atoms with Crippen LogP contribution in [0.1, 0.15) is 58.2 Å². The van der Waals surface area contributed by atoms with E-state index in [2.05, 4.69) is 15.5 Å². The Labute approximate surface area is 159 Å². The van der Waals surface area contributed by atoms with Gasteiger partial charge in [0.25, 0.3) is 5.91 Å². The maximum atomic E-state index is 14.1. The second-order valence-electron chi connectivity index (χ2n) is 7.17. The number of piperidine rings is 1. The van der Waals surface area contributed by atoms with E-state index in [1.54, 1.807) is 0 Å². The molecule has 1 amide bonds. The van der Waals surface area contributed by atoms with Gasteiger partial charge in [0.1, 0.15) is 5.82 Å². The van der Waals surface area contributed by atoms with Gasteiger partial charge in [0.15, 0.2) is 5.69 Å². The highest BCUT2D eigenvalue weighted by Crippen LogP contribution is 2.41. The Hall–Kier alpha value is -2.42. The Balaban J connectivity index is 1.73. The fourth-order valence-electron chi connectivity index (χ4n) is 4.17. The molecule has 9 heteroatoms. The Morgan fingerprint density at radius 3 is 2.86 bits per heavy atom. The Morgan fingerprint density at radius 1 is 1.25 bits per heavy atom. The van der Waals surface area contributed by atoms with Gasteiger partial charge in [-0.25, -0.2) is 4.39 Å². The molecule has 0 bridgehead atoms. The minimum absolute atomic E-state index is 0.188. The minimum atomic E-state index is -4.83. The topological polar surface area (TPSA) is 61.0 Å². The van der Waals surface area contributed by atoms with E-state index in [1.807, 2.05) is 0 Å². The standard InChI is InChI=1S/C19H20F4N4O/c20-13-5-3-4-12(16(13)19(21,22)23)15-6-1-2-9-27(15)18(28)17-11-7-8-24-10-14(11)25-26-17/h3-5,15,24H,1-2,6-10H2,(H,25,26). The SMILES string of the molecule is O=C(c1n[nH]c2c1CCNC2)N1CCCCC1c1cccc(F)c1C(F)(F)F. The van der Waals surface area contributed by atoms with Gasteiger partial charge in [-0.15, -0.1) is 0 Å². The molecule has 2 aliphatic rings. The molecule has 1 aromatic carbocycles. The molecule has 0 radical (unpaired) electrons. The number of alkyl halides is 3. The number of benzene rings is 1. The van der Waals surface area contributed by atoms with Crippen molar-refractivity contribution in [1.82, 2.24) is 20.4 Å². The number of halogens is 4. The number of nitrogens with one attached hydrogen (secondary N) is 2. The molecule has 4 rings (SSSR count). The summed E-state index contributed by atoms with van der Waals surface area (Å²) in [5.74, 6) is -1.72. The van der Waals surface area contributed by atoms with Crippen LogP contribution in [0.15, 0.2) is 18.2 Å². The summed E-state index contributed by atoms with van der Waals surface area (Å²) in [6.45, 7) is 1.59. The molecule has 2 N–H and O–H groups in total. The lowest BCUT2D eigenvalue weighted by Gasteiger charge is -2.37. The second kappa shape index (κ2) is 7.20. The van der Waals surface area contributed by atoms with E-state index in [0.29, 0.717) is 45.3 Å². The minimum Gasteiger partial charge on any atom is -0.330 e. The van der Waals surface area contributed by atoms with E-state index in [-0.39, 0.29) is 11.3 Å². The first-order valence-electron chi connectivity index (χ1n) is 9.31. The molecule has 28 heavy (non-hydrogen) atoms. The predicted octanol–water partition coefficient (Wildman–Crippen LogP) is 3.58. The van der Waals surface area contributed by atoms with Gasteiger partial charge < -0.3 is 10.2 Å². The number of H-pyrrole nitrogens is 1. The Morgan fingerprint density at radius 2 is 2.07 bits per heavy atom. The van der Waals surface area contributed by atoms with Crippen LogP contribution in [0, 0.1) is 5.82 Å². The van der Waals surface area contributed by atoms with Crippen LogP contribution in [0.25, 0.3) is 0 Å². The summed E-state index contributed by atoms with van der Waals surface area (Å²) < 4.78 is 54.6. The number of carbonyl (C=O) groups is 1. The number of carbonyl (C=O) groups excluding carboxylic acids is 1. The normalized spacial score (nSPS) is 20.1. The first-order valence-corrected chi connectivity index (χ1v) is 9.31. The third kappa shape index (κ3) is 3.28. The van der Waals surface area contributed by atoms with Gasteiger partial charge >= 0.3 is 6.18 Å². The Bertz CT molecular complexity index is 893. The molecule has 1 fully saturated rings. The van der Waals surface area contributed by atoms with Gasteiger partial charge in [-0.2, -0.15) is 18.3 Å². The summed E-state index contributed by atoms with van der Waals surface area (Å²) in [5, 5.41) is 10.2. The Kier molecular flexibility index (Phi) is 4.86. The molecule has 0 saturated carbocycles. The predicted molar refractivity (Wildman–Crippen MR) is 93.0 cm³/mol. The molecule has 1 aromatic heterocycles. The van der Waals surface area contributed by atoms with Crippen LogP contribution < -0.4 is 5.32 Å². The van der Waals surface area contributed by atoms with E-state index in [9.17, 15) is 22.4 Å². The number of hydrogen-bond donors (Lipinski definition) is 2. The average Bonchev–Trinajstić information content (AvgIpc) is 3.10. The van der Waals surface area contributed by atoms with Crippen LogP contribution >= 0.6 is 0 Å². The summed E-state index contributed by atoms with van der Waals surface area (Å²) in [6, 6.07) is 2.51.